The second kappa shape index (κ2) is 7.14. The Morgan fingerprint density at radius 2 is 1.11 bits per heavy atom. The Bertz CT molecular complexity index is 944. The van der Waals surface area contributed by atoms with Crippen molar-refractivity contribution < 1.29 is 26.3 Å². The summed E-state index contributed by atoms with van der Waals surface area (Å²) in [6, 6.07) is 10.8. The monoisotopic (exact) mass is 493 g/mol. The zero-order chi connectivity index (χ0) is 19.8. The van der Waals surface area contributed by atoms with Crippen molar-refractivity contribution in [2.45, 2.75) is 12.4 Å². The van der Waals surface area contributed by atoms with E-state index in [9.17, 15) is 26.3 Å². The van der Waals surface area contributed by atoms with Gasteiger partial charge in [-0.15, -0.1) is 0 Å². The van der Waals surface area contributed by atoms with Gasteiger partial charge in [0.05, 0.1) is 16.8 Å². The Morgan fingerprint density at radius 3 is 1.56 bits per heavy atom. The Balaban J connectivity index is 2.06. The second-order valence-corrected chi connectivity index (χ2v) is 6.95. The van der Waals surface area contributed by atoms with Gasteiger partial charge in [-0.2, -0.15) is 26.3 Å². The van der Waals surface area contributed by atoms with Gasteiger partial charge < -0.3 is 0 Å². The van der Waals surface area contributed by atoms with E-state index in [-0.39, 0.29) is 0 Å². The number of halogens is 7. The first-order chi connectivity index (χ1) is 12.6. The SMILES string of the molecule is FC(F)(F)c1ccc(-c2cc(I)cnc2-c2ccc(C(F)(F)F)cc2)cc1. The Hall–Kier alpha value is -2.10. The number of nitrogens with zero attached hydrogens (tertiary/aromatic N) is 1. The molecule has 140 valence electrons. The summed E-state index contributed by atoms with van der Waals surface area (Å²) < 4.78 is 77.3. The lowest BCUT2D eigenvalue weighted by Gasteiger charge is -2.13. The average Bonchev–Trinajstić information content (AvgIpc) is 2.60. The maximum atomic E-state index is 12.8. The quantitative estimate of drug-likeness (QED) is 0.275. The molecule has 8 heteroatoms. The lowest BCUT2D eigenvalue weighted by molar-refractivity contribution is -0.138. The van der Waals surface area contributed by atoms with Crippen molar-refractivity contribution >= 4 is 22.6 Å². The summed E-state index contributed by atoms with van der Waals surface area (Å²) in [5.74, 6) is 0. The summed E-state index contributed by atoms with van der Waals surface area (Å²) >= 11 is 2.01. The van der Waals surface area contributed by atoms with Gasteiger partial charge in [0.2, 0.25) is 0 Å². The van der Waals surface area contributed by atoms with Gasteiger partial charge in [0, 0.05) is 20.9 Å². The van der Waals surface area contributed by atoms with Crippen LogP contribution in [0.15, 0.2) is 60.8 Å². The van der Waals surface area contributed by atoms with Crippen molar-refractivity contribution in [1.29, 1.82) is 0 Å². The van der Waals surface area contributed by atoms with Gasteiger partial charge in [-0.3, -0.25) is 4.98 Å². The van der Waals surface area contributed by atoms with Gasteiger partial charge >= 0.3 is 12.4 Å². The van der Waals surface area contributed by atoms with Crippen LogP contribution in [0.4, 0.5) is 26.3 Å². The molecule has 0 amide bonds. The molecular formula is C19H10F6IN. The first-order valence-electron chi connectivity index (χ1n) is 7.56. The van der Waals surface area contributed by atoms with Crippen molar-refractivity contribution in [3.05, 3.63) is 75.5 Å². The highest BCUT2D eigenvalue weighted by atomic mass is 127. The fourth-order valence-electron chi connectivity index (χ4n) is 2.55. The maximum Gasteiger partial charge on any atom is 0.416 e. The normalized spacial score (nSPS) is 12.3. The van der Waals surface area contributed by atoms with Crippen molar-refractivity contribution in [2.24, 2.45) is 0 Å². The lowest BCUT2D eigenvalue weighted by Crippen LogP contribution is -2.04. The smallest absolute Gasteiger partial charge is 0.255 e. The summed E-state index contributed by atoms with van der Waals surface area (Å²) in [6.45, 7) is 0. The van der Waals surface area contributed by atoms with Crippen LogP contribution in [0.3, 0.4) is 0 Å². The van der Waals surface area contributed by atoms with Crippen LogP contribution in [-0.2, 0) is 12.4 Å². The van der Waals surface area contributed by atoms with Crippen molar-refractivity contribution in [3.63, 3.8) is 0 Å². The number of hydrogen-bond donors (Lipinski definition) is 0. The standard InChI is InChI=1S/C19H10F6IN/c20-18(21,22)13-5-1-11(2-6-13)16-9-15(26)10-27-17(16)12-3-7-14(8-4-12)19(23,24)25/h1-10H. The zero-order valence-corrected chi connectivity index (χ0v) is 15.5. The largest absolute Gasteiger partial charge is 0.416 e. The molecule has 0 spiro atoms. The van der Waals surface area contributed by atoms with Crippen molar-refractivity contribution in [1.82, 2.24) is 4.98 Å². The number of alkyl halides is 6. The third-order valence-corrected chi connectivity index (χ3v) is 4.45. The molecule has 27 heavy (non-hydrogen) atoms. The molecule has 0 unspecified atom stereocenters. The third kappa shape index (κ3) is 4.42. The first-order valence-corrected chi connectivity index (χ1v) is 8.64. The third-order valence-electron chi connectivity index (χ3n) is 3.86. The summed E-state index contributed by atoms with van der Waals surface area (Å²) in [5, 5.41) is 0. The van der Waals surface area contributed by atoms with Gasteiger partial charge in [-0.1, -0.05) is 24.3 Å². The molecule has 0 atom stereocenters. The molecule has 1 nitrogen and oxygen atoms in total. The molecule has 1 heterocycles. The summed E-state index contributed by atoms with van der Waals surface area (Å²) in [4.78, 5) is 4.28. The summed E-state index contributed by atoms with van der Waals surface area (Å²) in [5.41, 5.74) is 0.297. The van der Waals surface area contributed by atoms with E-state index in [4.69, 9.17) is 0 Å². The Morgan fingerprint density at radius 1 is 0.667 bits per heavy atom. The molecule has 3 aromatic rings. The molecule has 0 aliphatic heterocycles. The van der Waals surface area contributed by atoms with Gasteiger partial charge in [-0.05, 0) is 58.5 Å². The van der Waals surface area contributed by atoms with E-state index in [0.29, 0.717) is 22.4 Å². The number of benzene rings is 2. The van der Waals surface area contributed by atoms with Crippen LogP contribution < -0.4 is 0 Å². The van der Waals surface area contributed by atoms with E-state index in [1.54, 1.807) is 12.3 Å². The Labute approximate surface area is 164 Å². The molecule has 0 bridgehead atoms. The molecule has 0 saturated carbocycles. The predicted octanol–water partition coefficient (Wildman–Crippen LogP) is 7.06. The van der Waals surface area contributed by atoms with E-state index in [2.05, 4.69) is 4.98 Å². The molecule has 3 rings (SSSR count). The maximum absolute atomic E-state index is 12.8. The number of hydrogen-bond acceptors (Lipinski definition) is 1. The van der Waals surface area contributed by atoms with E-state index >= 15 is 0 Å². The van der Waals surface area contributed by atoms with Crippen LogP contribution in [0.1, 0.15) is 11.1 Å². The highest BCUT2D eigenvalue weighted by molar-refractivity contribution is 14.1. The van der Waals surface area contributed by atoms with E-state index in [1.165, 1.54) is 24.3 Å². The van der Waals surface area contributed by atoms with E-state index in [0.717, 1.165) is 27.8 Å². The molecule has 2 aromatic carbocycles. The first kappa shape index (κ1) is 19.7. The van der Waals surface area contributed by atoms with Crippen LogP contribution in [-0.4, -0.2) is 4.98 Å². The molecule has 0 saturated heterocycles. The minimum Gasteiger partial charge on any atom is -0.255 e. The van der Waals surface area contributed by atoms with Gasteiger partial charge in [-0.25, -0.2) is 0 Å². The van der Waals surface area contributed by atoms with Crippen LogP contribution in [0.25, 0.3) is 22.4 Å². The number of pyridine rings is 1. The average molecular weight is 493 g/mol. The van der Waals surface area contributed by atoms with Crippen LogP contribution in [0, 0.1) is 3.57 Å². The minimum atomic E-state index is -4.45. The predicted molar refractivity (Wildman–Crippen MR) is 97.8 cm³/mol. The minimum absolute atomic E-state index is 0.392. The van der Waals surface area contributed by atoms with E-state index < -0.39 is 23.5 Å². The lowest BCUT2D eigenvalue weighted by atomic mass is 9.98. The van der Waals surface area contributed by atoms with Crippen molar-refractivity contribution in [2.75, 3.05) is 0 Å². The molecule has 0 radical (unpaired) electrons. The topological polar surface area (TPSA) is 12.9 Å². The molecular weight excluding hydrogens is 483 g/mol. The van der Waals surface area contributed by atoms with Crippen LogP contribution >= 0.6 is 22.6 Å². The van der Waals surface area contributed by atoms with Gasteiger partial charge in [0.25, 0.3) is 0 Å². The molecule has 0 N–H and O–H groups in total. The fourth-order valence-corrected chi connectivity index (χ4v) is 3.00. The van der Waals surface area contributed by atoms with Gasteiger partial charge in [0.1, 0.15) is 0 Å². The summed E-state index contributed by atoms with van der Waals surface area (Å²) in [6.07, 6.45) is -7.35. The molecule has 0 fully saturated rings. The fraction of sp³-hybridized carbons (Fsp3) is 0.105. The highest BCUT2D eigenvalue weighted by Crippen LogP contribution is 2.36. The molecule has 0 aliphatic rings. The second-order valence-electron chi connectivity index (χ2n) is 5.70. The van der Waals surface area contributed by atoms with Crippen LogP contribution in [0.2, 0.25) is 0 Å². The molecule has 1 aromatic heterocycles. The van der Waals surface area contributed by atoms with Crippen LogP contribution in [0.5, 0.6) is 0 Å². The molecule has 0 aliphatic carbocycles. The highest BCUT2D eigenvalue weighted by Gasteiger charge is 2.31. The Kier molecular flexibility index (Phi) is 5.20. The zero-order valence-electron chi connectivity index (χ0n) is 13.4. The number of aromatic nitrogens is 1. The van der Waals surface area contributed by atoms with Crippen molar-refractivity contribution in [3.8, 4) is 22.4 Å². The van der Waals surface area contributed by atoms with E-state index in [1.807, 2.05) is 22.6 Å². The number of rotatable bonds is 2. The van der Waals surface area contributed by atoms with Gasteiger partial charge in [0.15, 0.2) is 0 Å². The summed E-state index contributed by atoms with van der Waals surface area (Å²) in [7, 11) is 0.